The highest BCUT2D eigenvalue weighted by Gasteiger charge is 2.74. The van der Waals surface area contributed by atoms with Crippen molar-refractivity contribution in [3.63, 3.8) is 0 Å². The molecule has 5 atom stereocenters. The average Bonchev–Trinajstić information content (AvgIpc) is 3.20. The van der Waals surface area contributed by atoms with Gasteiger partial charge in [0.15, 0.2) is 0 Å². The molecule has 0 bridgehead atoms. The maximum Gasteiger partial charge on any atom is 0.291 e. The number of anilines is 1. The number of likely N-dealkylation sites (tertiary alicyclic amines) is 1. The third-order valence-corrected chi connectivity index (χ3v) is 6.88. The molecule has 0 unspecified atom stereocenters. The molecule has 0 saturated carbocycles. The Kier molecular flexibility index (Phi) is 4.55. The molecule has 6 nitrogen and oxygen atoms in total. The van der Waals surface area contributed by atoms with Crippen LogP contribution < -0.4 is 10.6 Å². The molecule has 2 saturated heterocycles. The van der Waals surface area contributed by atoms with Crippen LogP contribution in [0.15, 0.2) is 18.2 Å². The molecule has 3 N–H and O–H groups in total. The summed E-state index contributed by atoms with van der Waals surface area (Å²) >= 11 is 6.25. The molecule has 4 rings (SSSR count). The number of nitrogens with zero attached hydrogens (tertiary/aromatic N) is 1. The Morgan fingerprint density at radius 3 is 2.57 bits per heavy atom. The van der Waals surface area contributed by atoms with Crippen LogP contribution >= 0.6 is 11.6 Å². The zero-order valence-corrected chi connectivity index (χ0v) is 17.4. The maximum absolute atomic E-state index is 13.5. The van der Waals surface area contributed by atoms with Gasteiger partial charge < -0.3 is 10.6 Å². The van der Waals surface area contributed by atoms with E-state index in [4.69, 9.17) is 11.6 Å². The molecule has 3 heterocycles. The molecule has 1 aromatic carbocycles. The highest BCUT2D eigenvalue weighted by molar-refractivity contribution is 6.31. The van der Waals surface area contributed by atoms with Gasteiger partial charge in [-0.15, -0.1) is 0 Å². The first-order chi connectivity index (χ1) is 13.2. The first-order valence-electron chi connectivity index (χ1n) is 10.1. The number of halogens is 1. The van der Waals surface area contributed by atoms with Crippen molar-refractivity contribution >= 4 is 35.0 Å². The van der Waals surface area contributed by atoms with Gasteiger partial charge in [-0.1, -0.05) is 32.4 Å². The summed E-state index contributed by atoms with van der Waals surface area (Å²) in [5.41, 5.74) is 0.273. The van der Waals surface area contributed by atoms with Crippen LogP contribution in [0.1, 0.15) is 46.1 Å². The molecule has 3 aliphatic rings. The normalized spacial score (nSPS) is 32.3. The summed E-state index contributed by atoms with van der Waals surface area (Å²) in [6.45, 7) is 8.05. The fourth-order valence-electron chi connectivity index (χ4n) is 5.33. The minimum atomic E-state index is -1.13. The lowest BCUT2D eigenvalue weighted by atomic mass is 9.76. The molecule has 0 aromatic heterocycles. The fourth-order valence-corrected chi connectivity index (χ4v) is 5.51. The summed E-state index contributed by atoms with van der Waals surface area (Å²) in [5.74, 6) is -1.42. The summed E-state index contributed by atoms with van der Waals surface area (Å²) < 4.78 is 0. The van der Waals surface area contributed by atoms with E-state index in [1.807, 2.05) is 19.2 Å². The van der Waals surface area contributed by atoms with Crippen molar-refractivity contribution in [1.82, 2.24) is 4.90 Å². The molecule has 1 spiro atoms. The number of imide groups is 1. The Balaban J connectivity index is 1.89. The van der Waals surface area contributed by atoms with E-state index in [1.165, 1.54) is 4.90 Å². The predicted molar refractivity (Wildman–Crippen MR) is 106 cm³/mol. The van der Waals surface area contributed by atoms with E-state index >= 15 is 0 Å². The van der Waals surface area contributed by atoms with Gasteiger partial charge in [0.1, 0.15) is 17.9 Å². The van der Waals surface area contributed by atoms with Gasteiger partial charge in [-0.2, -0.15) is 0 Å². The van der Waals surface area contributed by atoms with E-state index in [-0.39, 0.29) is 29.8 Å². The van der Waals surface area contributed by atoms with Crippen molar-refractivity contribution in [3.8, 4) is 0 Å². The van der Waals surface area contributed by atoms with Crippen molar-refractivity contribution in [2.45, 2.75) is 58.2 Å². The van der Waals surface area contributed by atoms with Crippen molar-refractivity contribution in [2.24, 2.45) is 17.8 Å². The number of benzene rings is 1. The van der Waals surface area contributed by atoms with E-state index in [0.29, 0.717) is 23.0 Å². The lowest BCUT2D eigenvalue weighted by Gasteiger charge is -2.29. The van der Waals surface area contributed by atoms with E-state index < -0.39 is 17.4 Å². The van der Waals surface area contributed by atoms with Gasteiger partial charge in [0.25, 0.3) is 5.91 Å². The van der Waals surface area contributed by atoms with Gasteiger partial charge in [-0.3, -0.25) is 19.3 Å². The molecule has 150 valence electrons. The van der Waals surface area contributed by atoms with Gasteiger partial charge in [-0.25, -0.2) is 0 Å². The van der Waals surface area contributed by atoms with E-state index in [0.717, 1.165) is 12.0 Å². The van der Waals surface area contributed by atoms with Gasteiger partial charge in [-0.05, 0) is 37.5 Å². The fraction of sp³-hybridized carbons (Fsp3) is 0.571. The number of carbonyl (C=O) groups excluding carboxylic acids is 3. The first-order valence-corrected chi connectivity index (χ1v) is 10.4. The largest absolute Gasteiger partial charge is 0.326 e. The summed E-state index contributed by atoms with van der Waals surface area (Å²) in [5, 5.41) is 5.42. The second-order valence-electron chi connectivity index (χ2n) is 8.78. The Bertz CT molecular complexity index is 870. The van der Waals surface area contributed by atoms with Crippen LogP contribution in [-0.2, 0) is 19.9 Å². The summed E-state index contributed by atoms with van der Waals surface area (Å²) in [4.78, 5) is 41.5. The zero-order valence-electron chi connectivity index (χ0n) is 16.7. The number of hydrogen-bond acceptors (Lipinski definition) is 3. The van der Waals surface area contributed by atoms with Crippen molar-refractivity contribution < 1.29 is 19.7 Å². The highest BCUT2D eigenvalue weighted by Crippen LogP contribution is 2.50. The SMILES string of the molecule is CC[C@H](C)N1C(=O)[C@H]2[C@@H](C1=O)[C@@]1([NH2+][C@@H]2CC(C)C)C(=O)Nc2ccc(Cl)cc21. The molecular weight excluding hydrogens is 378 g/mol. The minimum absolute atomic E-state index is 0.119. The Labute approximate surface area is 170 Å². The molecule has 0 aliphatic carbocycles. The van der Waals surface area contributed by atoms with Gasteiger partial charge in [0.05, 0.1) is 5.69 Å². The second kappa shape index (κ2) is 6.56. The van der Waals surface area contributed by atoms with Crippen LogP contribution in [-0.4, -0.2) is 34.7 Å². The monoisotopic (exact) mass is 404 g/mol. The van der Waals surface area contributed by atoms with E-state index in [2.05, 4.69) is 19.2 Å². The lowest BCUT2D eigenvalue weighted by Crippen LogP contribution is -2.99. The molecular formula is C21H27ClN3O3+. The smallest absolute Gasteiger partial charge is 0.291 e. The number of carbonyl (C=O) groups is 3. The molecule has 28 heavy (non-hydrogen) atoms. The average molecular weight is 405 g/mol. The number of quaternary nitrogens is 1. The standard InChI is InChI=1S/C21H26ClN3O3/c1-5-11(4)25-18(26)16-15(8-10(2)3)24-21(17(16)19(25)27)13-9-12(22)6-7-14(13)23-20(21)28/h6-7,9-11,15-17,24H,5,8H2,1-4H3,(H,23,28)/p+1/t11-,15+,16+,17-,21+/m0/s1. The number of fused-ring (bicyclic) bond motifs is 4. The third-order valence-electron chi connectivity index (χ3n) is 6.64. The summed E-state index contributed by atoms with van der Waals surface area (Å²) in [7, 11) is 0. The Hall–Kier alpha value is -1.92. The molecule has 2 fully saturated rings. The first kappa shape index (κ1) is 19.4. The van der Waals surface area contributed by atoms with Crippen LogP contribution in [0.2, 0.25) is 5.02 Å². The quantitative estimate of drug-likeness (QED) is 0.751. The highest BCUT2D eigenvalue weighted by atomic mass is 35.5. The number of nitrogens with one attached hydrogen (secondary N) is 1. The van der Waals surface area contributed by atoms with Crippen molar-refractivity contribution in [2.75, 3.05) is 5.32 Å². The molecule has 3 amide bonds. The van der Waals surface area contributed by atoms with Crippen LogP contribution in [0.3, 0.4) is 0 Å². The third kappa shape index (κ3) is 2.47. The molecule has 1 aromatic rings. The number of amides is 3. The van der Waals surface area contributed by atoms with Crippen LogP contribution in [0, 0.1) is 17.8 Å². The van der Waals surface area contributed by atoms with Crippen molar-refractivity contribution in [3.05, 3.63) is 28.8 Å². The molecule has 3 aliphatic heterocycles. The van der Waals surface area contributed by atoms with Gasteiger partial charge in [0, 0.05) is 23.0 Å². The topological polar surface area (TPSA) is 83.1 Å². The Morgan fingerprint density at radius 2 is 1.93 bits per heavy atom. The van der Waals surface area contributed by atoms with Crippen LogP contribution in [0.25, 0.3) is 0 Å². The second-order valence-corrected chi connectivity index (χ2v) is 9.22. The summed E-state index contributed by atoms with van der Waals surface area (Å²) in [6, 6.07) is 4.97. The van der Waals surface area contributed by atoms with Crippen LogP contribution in [0.5, 0.6) is 0 Å². The van der Waals surface area contributed by atoms with E-state index in [9.17, 15) is 14.4 Å². The Morgan fingerprint density at radius 1 is 1.21 bits per heavy atom. The van der Waals surface area contributed by atoms with Crippen LogP contribution in [0.4, 0.5) is 5.69 Å². The van der Waals surface area contributed by atoms with Gasteiger partial charge in [0.2, 0.25) is 17.4 Å². The van der Waals surface area contributed by atoms with Gasteiger partial charge >= 0.3 is 0 Å². The molecule has 0 radical (unpaired) electrons. The minimum Gasteiger partial charge on any atom is -0.326 e. The lowest BCUT2D eigenvalue weighted by molar-refractivity contribution is -0.734. The van der Waals surface area contributed by atoms with Crippen molar-refractivity contribution in [1.29, 1.82) is 0 Å². The summed E-state index contributed by atoms with van der Waals surface area (Å²) in [6.07, 6.45) is 1.45. The maximum atomic E-state index is 13.5. The number of hydrogen-bond donors (Lipinski definition) is 2. The number of rotatable bonds is 4. The predicted octanol–water partition coefficient (Wildman–Crippen LogP) is 1.88. The van der Waals surface area contributed by atoms with E-state index in [1.54, 1.807) is 18.2 Å². The number of nitrogens with two attached hydrogens (primary N) is 1. The molecule has 7 heteroatoms. The zero-order chi connectivity index (χ0) is 20.4.